The molecule has 0 spiro atoms. The average molecular weight is 313 g/mol. The van der Waals surface area contributed by atoms with E-state index < -0.39 is 10.9 Å². The van der Waals surface area contributed by atoms with E-state index in [9.17, 15) is 13.6 Å². The van der Waals surface area contributed by atoms with Gasteiger partial charge in [-0.15, -0.1) is 0 Å². The van der Waals surface area contributed by atoms with Gasteiger partial charge in [0.2, 0.25) is 0 Å². The second-order valence-electron chi connectivity index (χ2n) is 2.76. The van der Waals surface area contributed by atoms with Crippen molar-refractivity contribution in [2.24, 2.45) is 0 Å². The van der Waals surface area contributed by atoms with Gasteiger partial charge in [-0.05, 0) is 13.8 Å². The van der Waals surface area contributed by atoms with Crippen LogP contribution in [0.2, 0.25) is 0 Å². The summed E-state index contributed by atoms with van der Waals surface area (Å²) < 4.78 is 30.6. The summed E-state index contributed by atoms with van der Waals surface area (Å²) in [6.07, 6.45) is 0.947. The molecule has 17 heavy (non-hydrogen) atoms. The number of aromatic nitrogens is 2. The number of esters is 1. The van der Waals surface area contributed by atoms with Crippen LogP contribution in [-0.2, 0) is 9.69 Å². The number of rotatable bonds is 3. The number of carbonyl (C=O) groups excluding carboxylic acids is 1. The van der Waals surface area contributed by atoms with Crippen LogP contribution < -0.4 is 0 Å². The van der Waals surface area contributed by atoms with Crippen molar-refractivity contribution in [1.29, 1.82) is 0 Å². The van der Waals surface area contributed by atoms with Crippen LogP contribution in [0.15, 0.2) is 6.20 Å². The lowest BCUT2D eigenvalue weighted by atomic mass is 10.3. The lowest BCUT2D eigenvalue weighted by Crippen LogP contribution is -2.15. The van der Waals surface area contributed by atoms with E-state index in [-0.39, 0.29) is 17.9 Å². The lowest BCUT2D eigenvalue weighted by Gasteiger charge is -2.06. The van der Waals surface area contributed by atoms with Gasteiger partial charge < -0.3 is 4.74 Å². The molecule has 0 unspecified atom stereocenters. The van der Waals surface area contributed by atoms with E-state index in [1.807, 2.05) is 13.8 Å². The van der Waals surface area contributed by atoms with Crippen molar-refractivity contribution in [3.63, 3.8) is 0 Å². The molecule has 1 aromatic heterocycles. The molecule has 0 aliphatic heterocycles. The first-order valence-electron chi connectivity index (χ1n) is 5.17. The van der Waals surface area contributed by atoms with Crippen molar-refractivity contribution < 1.29 is 18.3 Å². The smallest absolute Gasteiger partial charge is 0.401 e. The zero-order valence-electron chi connectivity index (χ0n) is 10.1. The molecule has 1 rings (SSSR count). The number of halogens is 3. The number of hydrogen-bond acceptors (Lipinski definition) is 3. The predicted octanol–water partition coefficient (Wildman–Crippen LogP) is 3.30. The summed E-state index contributed by atoms with van der Waals surface area (Å²) in [5, 5.41) is 3.50. The first-order valence-corrected chi connectivity index (χ1v) is 5.96. The molecule has 0 atom stereocenters. The van der Waals surface area contributed by atoms with Gasteiger partial charge >= 0.3 is 10.9 Å². The summed E-state index contributed by atoms with van der Waals surface area (Å²) in [5.74, 6) is -0.655. The van der Waals surface area contributed by atoms with E-state index in [0.29, 0.717) is 4.68 Å². The normalized spacial score (nSPS) is 10.5. The fourth-order valence-electron chi connectivity index (χ4n) is 0.999. The topological polar surface area (TPSA) is 44.1 Å². The third-order valence-electron chi connectivity index (χ3n) is 1.65. The molecule has 0 saturated carbocycles. The number of nitrogens with zero attached hydrogens (tertiary/aromatic N) is 2. The maximum atomic E-state index is 12.8. The summed E-state index contributed by atoms with van der Waals surface area (Å²) in [4.78, 5) is 7.97. The van der Waals surface area contributed by atoms with Crippen LogP contribution in [0.3, 0.4) is 0 Å². The van der Waals surface area contributed by atoms with E-state index in [0.717, 1.165) is 6.20 Å². The van der Waals surface area contributed by atoms with E-state index in [1.54, 1.807) is 6.92 Å². The standard InChI is InChI=1S/C8H9BrF2N2O2.C2H6/c1-3-15-7(14)6-4-13(8(9,10)11)12-5(6)2;1-2/h4H,3H2,1-2H3;1-2H3. The van der Waals surface area contributed by atoms with Gasteiger partial charge in [0, 0.05) is 22.1 Å². The molecule has 1 heterocycles. The number of alkyl halides is 3. The Morgan fingerprint density at radius 1 is 1.59 bits per heavy atom. The molecular weight excluding hydrogens is 298 g/mol. The molecule has 98 valence electrons. The highest BCUT2D eigenvalue weighted by Gasteiger charge is 2.30. The summed E-state index contributed by atoms with van der Waals surface area (Å²) >= 11 is 2.14. The van der Waals surface area contributed by atoms with Crippen molar-refractivity contribution in [2.75, 3.05) is 6.61 Å². The van der Waals surface area contributed by atoms with E-state index >= 15 is 0 Å². The Balaban J connectivity index is 0.00000121. The van der Waals surface area contributed by atoms with Gasteiger partial charge in [0.1, 0.15) is 5.56 Å². The molecule has 0 aromatic carbocycles. The van der Waals surface area contributed by atoms with Crippen molar-refractivity contribution in [3.8, 4) is 0 Å². The zero-order valence-corrected chi connectivity index (χ0v) is 11.7. The molecular formula is C10H15BrF2N2O2. The van der Waals surface area contributed by atoms with Gasteiger partial charge in [0.25, 0.3) is 0 Å². The van der Waals surface area contributed by atoms with E-state index in [1.165, 1.54) is 6.92 Å². The number of hydrogen-bond donors (Lipinski definition) is 0. The molecule has 0 N–H and O–H groups in total. The Hall–Kier alpha value is -0.980. The quantitative estimate of drug-likeness (QED) is 0.635. The van der Waals surface area contributed by atoms with Gasteiger partial charge in [-0.3, -0.25) is 0 Å². The van der Waals surface area contributed by atoms with Crippen LogP contribution in [0.1, 0.15) is 36.8 Å². The Morgan fingerprint density at radius 3 is 2.47 bits per heavy atom. The molecule has 4 nitrogen and oxygen atoms in total. The van der Waals surface area contributed by atoms with Crippen LogP contribution in [0.5, 0.6) is 0 Å². The van der Waals surface area contributed by atoms with Crippen LogP contribution in [0.4, 0.5) is 8.78 Å². The van der Waals surface area contributed by atoms with Crippen LogP contribution >= 0.6 is 15.9 Å². The second kappa shape index (κ2) is 6.68. The molecule has 0 amide bonds. The molecule has 0 aliphatic carbocycles. The van der Waals surface area contributed by atoms with Crippen molar-refractivity contribution in [1.82, 2.24) is 9.78 Å². The maximum Gasteiger partial charge on any atom is 0.401 e. The highest BCUT2D eigenvalue weighted by Crippen LogP contribution is 2.28. The molecule has 7 heteroatoms. The highest BCUT2D eigenvalue weighted by molar-refractivity contribution is 9.09. The average Bonchev–Trinajstić information content (AvgIpc) is 2.63. The first-order chi connectivity index (χ1) is 7.86. The number of aryl methyl sites for hydroxylation is 1. The summed E-state index contributed by atoms with van der Waals surface area (Å²) in [6, 6.07) is 0. The Morgan fingerprint density at radius 2 is 2.12 bits per heavy atom. The van der Waals surface area contributed by atoms with Crippen molar-refractivity contribution in [2.45, 2.75) is 32.7 Å². The molecule has 0 saturated heterocycles. The number of carbonyl (C=O) groups is 1. The summed E-state index contributed by atoms with van der Waals surface area (Å²) in [6.45, 7) is 7.28. The molecule has 0 bridgehead atoms. The molecule has 0 aliphatic rings. The molecule has 0 fully saturated rings. The largest absolute Gasteiger partial charge is 0.462 e. The van der Waals surface area contributed by atoms with Gasteiger partial charge in [-0.2, -0.15) is 18.6 Å². The van der Waals surface area contributed by atoms with Gasteiger partial charge in [0.15, 0.2) is 0 Å². The van der Waals surface area contributed by atoms with Crippen molar-refractivity contribution in [3.05, 3.63) is 17.5 Å². The van der Waals surface area contributed by atoms with Crippen LogP contribution in [0.25, 0.3) is 0 Å². The van der Waals surface area contributed by atoms with E-state index in [4.69, 9.17) is 0 Å². The maximum absolute atomic E-state index is 12.8. The predicted molar refractivity (Wildman–Crippen MR) is 63.4 cm³/mol. The van der Waals surface area contributed by atoms with Gasteiger partial charge in [-0.1, -0.05) is 13.8 Å². The number of ether oxygens (including phenoxy) is 1. The lowest BCUT2D eigenvalue weighted by molar-refractivity contribution is 0.0196. The summed E-state index contributed by atoms with van der Waals surface area (Å²) in [5.41, 5.74) is 0.239. The molecule has 0 radical (unpaired) electrons. The highest BCUT2D eigenvalue weighted by atomic mass is 79.9. The SMILES string of the molecule is CC.CCOC(=O)c1cn(C(F)(F)Br)nc1C. The van der Waals surface area contributed by atoms with Gasteiger partial charge in [-0.25, -0.2) is 4.79 Å². The molecule has 1 aromatic rings. The Labute approximate surface area is 107 Å². The second-order valence-corrected chi connectivity index (χ2v) is 3.72. The third kappa shape index (κ3) is 4.41. The van der Waals surface area contributed by atoms with Crippen LogP contribution in [0, 0.1) is 6.92 Å². The minimum absolute atomic E-state index is 0.0379. The van der Waals surface area contributed by atoms with Gasteiger partial charge in [0.05, 0.1) is 12.3 Å². The fraction of sp³-hybridized carbons (Fsp3) is 0.600. The Kier molecular flexibility index (Phi) is 6.30. The summed E-state index contributed by atoms with van der Waals surface area (Å²) in [7, 11) is 0. The Bertz CT molecular complexity index is 375. The fourth-order valence-corrected chi connectivity index (χ4v) is 1.18. The minimum Gasteiger partial charge on any atom is -0.462 e. The minimum atomic E-state index is -3.30. The first kappa shape index (κ1) is 16.0. The monoisotopic (exact) mass is 312 g/mol. The van der Waals surface area contributed by atoms with E-state index in [2.05, 4.69) is 25.8 Å². The van der Waals surface area contributed by atoms with Crippen molar-refractivity contribution >= 4 is 21.9 Å². The third-order valence-corrected chi connectivity index (χ3v) is 2.02. The zero-order chi connectivity index (χ0) is 13.6. The van der Waals surface area contributed by atoms with Crippen LogP contribution in [-0.4, -0.2) is 22.4 Å².